The van der Waals surface area contributed by atoms with Crippen LogP contribution in [-0.4, -0.2) is 25.1 Å². The van der Waals surface area contributed by atoms with Gasteiger partial charge in [0.1, 0.15) is 0 Å². The molecule has 4 nitrogen and oxygen atoms in total. The Morgan fingerprint density at radius 2 is 1.14 bits per heavy atom. The molecule has 1 atom stereocenters. The summed E-state index contributed by atoms with van der Waals surface area (Å²) in [6.07, 6.45) is 24.1. The minimum absolute atomic E-state index is 0. The van der Waals surface area contributed by atoms with E-state index in [2.05, 4.69) is 12.2 Å². The Morgan fingerprint density at radius 3 is 1.52 bits per heavy atom. The van der Waals surface area contributed by atoms with Crippen molar-refractivity contribution in [3.05, 3.63) is 0 Å². The number of carboxylic acid groups (broad SMARTS) is 1. The third kappa shape index (κ3) is 24.5. The van der Waals surface area contributed by atoms with Crippen LogP contribution in [0.2, 0.25) is 0 Å². The van der Waals surface area contributed by atoms with E-state index in [1.165, 1.54) is 96.3 Å². The third-order valence-corrected chi connectivity index (χ3v) is 5.65. The van der Waals surface area contributed by atoms with Gasteiger partial charge in [0.05, 0.1) is 5.97 Å². The van der Waals surface area contributed by atoms with Crippen LogP contribution in [-0.2, 0) is 4.79 Å². The zero-order valence-corrected chi connectivity index (χ0v) is 21.8. The topological polar surface area (TPSA) is 78.2 Å². The van der Waals surface area contributed by atoms with Gasteiger partial charge in [-0.25, -0.2) is 0 Å². The van der Waals surface area contributed by atoms with E-state index in [9.17, 15) is 9.90 Å². The molecule has 0 unspecified atom stereocenters. The van der Waals surface area contributed by atoms with Gasteiger partial charge in [-0.1, -0.05) is 110 Å². The first kappa shape index (κ1) is 31.6. The fraction of sp³-hybridized carbons (Fsp3) is 0.958. The Morgan fingerprint density at radius 1 is 0.724 bits per heavy atom. The maximum Gasteiger partial charge on any atom is 1.00 e. The number of carboxylic acids is 1. The summed E-state index contributed by atoms with van der Waals surface area (Å²) in [5.74, 6) is -0.978. The van der Waals surface area contributed by atoms with E-state index in [4.69, 9.17) is 5.73 Å². The molecule has 0 saturated carbocycles. The van der Waals surface area contributed by atoms with E-state index in [0.29, 0.717) is 13.0 Å². The van der Waals surface area contributed by atoms with Crippen LogP contribution in [0.5, 0.6) is 0 Å². The molecule has 0 rings (SSSR count). The first-order chi connectivity index (χ1) is 13.7. The van der Waals surface area contributed by atoms with Gasteiger partial charge in [0.15, 0.2) is 0 Å². The minimum Gasteiger partial charge on any atom is -0.548 e. The molecule has 0 aliphatic carbocycles. The van der Waals surface area contributed by atoms with E-state index < -0.39 is 12.0 Å². The van der Waals surface area contributed by atoms with Gasteiger partial charge >= 0.3 is 29.6 Å². The van der Waals surface area contributed by atoms with Crippen LogP contribution in [0.4, 0.5) is 0 Å². The number of rotatable bonds is 23. The zero-order valence-electron chi connectivity index (χ0n) is 19.8. The fourth-order valence-corrected chi connectivity index (χ4v) is 3.75. The Bertz CT molecular complexity index is 330. The van der Waals surface area contributed by atoms with Crippen LogP contribution in [0.25, 0.3) is 0 Å². The fourth-order valence-electron chi connectivity index (χ4n) is 3.75. The molecule has 0 amide bonds. The molecular formula is C24H49N2NaO2. The normalized spacial score (nSPS) is 11.9. The van der Waals surface area contributed by atoms with E-state index in [0.717, 1.165) is 25.8 Å². The van der Waals surface area contributed by atoms with Crippen molar-refractivity contribution in [2.75, 3.05) is 13.1 Å². The number of carbonyl (C=O) groups is 1. The van der Waals surface area contributed by atoms with Crippen molar-refractivity contribution in [1.82, 2.24) is 5.32 Å². The van der Waals surface area contributed by atoms with Gasteiger partial charge in [0.2, 0.25) is 0 Å². The van der Waals surface area contributed by atoms with Crippen molar-refractivity contribution in [2.45, 2.75) is 135 Å². The summed E-state index contributed by atoms with van der Waals surface area (Å²) in [6.45, 7) is 3.68. The molecule has 0 aliphatic heterocycles. The molecule has 0 bridgehead atoms. The molecule has 0 radical (unpaired) electrons. The predicted octanol–water partition coefficient (Wildman–Crippen LogP) is 2.09. The number of nitrogens with one attached hydrogen (secondary N) is 1. The largest absolute Gasteiger partial charge is 1.00 e. The summed E-state index contributed by atoms with van der Waals surface area (Å²) >= 11 is 0. The average Bonchev–Trinajstić information content (AvgIpc) is 2.68. The number of aliphatic carboxylic acids is 1. The second-order valence-corrected chi connectivity index (χ2v) is 8.41. The molecule has 0 aromatic rings. The van der Waals surface area contributed by atoms with Crippen molar-refractivity contribution >= 4 is 5.97 Å². The van der Waals surface area contributed by atoms with E-state index in [1.807, 2.05) is 0 Å². The Labute approximate surface area is 203 Å². The minimum atomic E-state index is -0.978. The van der Waals surface area contributed by atoms with E-state index in [-0.39, 0.29) is 29.6 Å². The van der Waals surface area contributed by atoms with E-state index >= 15 is 0 Å². The van der Waals surface area contributed by atoms with Gasteiger partial charge in [-0.15, -0.1) is 0 Å². The van der Waals surface area contributed by atoms with Crippen LogP contribution < -0.4 is 45.7 Å². The predicted molar refractivity (Wildman–Crippen MR) is 119 cm³/mol. The molecule has 0 heterocycles. The van der Waals surface area contributed by atoms with Crippen molar-refractivity contribution in [1.29, 1.82) is 0 Å². The number of hydrogen-bond acceptors (Lipinski definition) is 4. The molecule has 29 heavy (non-hydrogen) atoms. The first-order valence-corrected chi connectivity index (χ1v) is 12.4. The number of nitrogens with two attached hydrogens (primary N) is 1. The van der Waals surface area contributed by atoms with Crippen molar-refractivity contribution in [3.63, 3.8) is 0 Å². The SMILES string of the molecule is CCCCCCCCCCCCCCCCCCN[C@@H](CCCCN)C(=O)[O-].[Na+]. The average molecular weight is 421 g/mol. The number of carbonyl (C=O) groups excluding carboxylic acids is 1. The maximum atomic E-state index is 11.1. The summed E-state index contributed by atoms with van der Waals surface area (Å²) in [5.41, 5.74) is 5.45. The van der Waals surface area contributed by atoms with Crippen LogP contribution in [0.1, 0.15) is 129 Å². The Hall–Kier alpha value is 0.390. The summed E-state index contributed by atoms with van der Waals surface area (Å²) in [6, 6.07) is -0.511. The summed E-state index contributed by atoms with van der Waals surface area (Å²) in [5, 5.41) is 14.2. The Balaban J connectivity index is 0. The van der Waals surface area contributed by atoms with Gasteiger partial charge in [0, 0.05) is 6.04 Å². The summed E-state index contributed by atoms with van der Waals surface area (Å²) < 4.78 is 0. The molecule has 0 spiro atoms. The van der Waals surface area contributed by atoms with Crippen molar-refractivity contribution < 1.29 is 39.5 Å². The molecule has 0 fully saturated rings. The van der Waals surface area contributed by atoms with E-state index in [1.54, 1.807) is 0 Å². The molecule has 3 N–H and O–H groups in total. The van der Waals surface area contributed by atoms with Crippen molar-refractivity contribution in [3.8, 4) is 0 Å². The van der Waals surface area contributed by atoms with Crippen LogP contribution in [0, 0.1) is 0 Å². The molecule has 0 aliphatic rings. The molecule has 5 heteroatoms. The van der Waals surface area contributed by atoms with Crippen LogP contribution in [0.3, 0.4) is 0 Å². The quantitative estimate of drug-likeness (QED) is 0.196. The van der Waals surface area contributed by atoms with Crippen LogP contribution >= 0.6 is 0 Å². The molecule has 168 valence electrons. The summed E-state index contributed by atoms with van der Waals surface area (Å²) in [4.78, 5) is 11.1. The number of hydrogen-bond donors (Lipinski definition) is 2. The van der Waals surface area contributed by atoms with Gasteiger partial charge < -0.3 is 21.0 Å². The second-order valence-electron chi connectivity index (χ2n) is 8.41. The second kappa shape index (κ2) is 26.4. The molecule has 0 saturated heterocycles. The van der Waals surface area contributed by atoms with Gasteiger partial charge in [0.25, 0.3) is 0 Å². The maximum absolute atomic E-state index is 11.1. The number of unbranched alkanes of at least 4 members (excludes halogenated alkanes) is 16. The molecule has 0 aromatic carbocycles. The smallest absolute Gasteiger partial charge is 0.548 e. The molecular weight excluding hydrogens is 371 g/mol. The van der Waals surface area contributed by atoms with Crippen LogP contribution in [0.15, 0.2) is 0 Å². The monoisotopic (exact) mass is 420 g/mol. The van der Waals surface area contributed by atoms with Crippen molar-refractivity contribution in [2.24, 2.45) is 5.73 Å². The third-order valence-electron chi connectivity index (χ3n) is 5.65. The zero-order chi connectivity index (χ0) is 20.7. The Kier molecular flexibility index (Phi) is 28.8. The van der Waals surface area contributed by atoms with Gasteiger partial charge in [-0.3, -0.25) is 0 Å². The molecule has 0 aromatic heterocycles. The van der Waals surface area contributed by atoms with Gasteiger partial charge in [-0.2, -0.15) is 0 Å². The first-order valence-electron chi connectivity index (χ1n) is 12.4. The van der Waals surface area contributed by atoms with Gasteiger partial charge in [-0.05, 0) is 32.4 Å². The standard InChI is InChI=1S/C24H50N2O2.Na/c1-2-3-4-5-6-7-8-9-10-11-12-13-14-15-16-19-22-26-23(24(27)28)20-17-18-21-25;/h23,26H,2-22,25H2,1H3,(H,27,28);/q;+1/p-1/t23-;/m0./s1. The summed E-state index contributed by atoms with van der Waals surface area (Å²) in [7, 11) is 0.